The monoisotopic (exact) mass is 162 g/mol. The van der Waals surface area contributed by atoms with Gasteiger partial charge in [0.2, 0.25) is 0 Å². The van der Waals surface area contributed by atoms with E-state index in [4.69, 9.17) is 4.74 Å². The molecule has 0 bridgehead atoms. The molecule has 0 aromatic heterocycles. The standard InChI is InChI=1S/C10H10O2/c1-7-2-3-9-8(4-7)6-12-10(9)5-11/h2-5,10H,6H2,1H3. The molecule has 1 atom stereocenters. The first-order chi connectivity index (χ1) is 5.81. The van der Waals surface area contributed by atoms with Crippen LogP contribution in [0.2, 0.25) is 0 Å². The van der Waals surface area contributed by atoms with Crippen LogP contribution in [0, 0.1) is 6.92 Å². The van der Waals surface area contributed by atoms with Gasteiger partial charge in [0.15, 0.2) is 6.29 Å². The summed E-state index contributed by atoms with van der Waals surface area (Å²) in [5, 5.41) is 0. The quantitative estimate of drug-likeness (QED) is 0.588. The molecule has 0 N–H and O–H groups in total. The predicted octanol–water partition coefficient (Wildman–Crippen LogP) is 1.77. The molecule has 2 heteroatoms. The van der Waals surface area contributed by atoms with Crippen molar-refractivity contribution in [2.24, 2.45) is 0 Å². The first kappa shape index (κ1) is 7.50. The minimum Gasteiger partial charge on any atom is -0.361 e. The van der Waals surface area contributed by atoms with Crippen LogP contribution >= 0.6 is 0 Å². The maximum Gasteiger partial charge on any atom is 0.153 e. The lowest BCUT2D eigenvalue weighted by Gasteiger charge is -2.01. The van der Waals surface area contributed by atoms with E-state index in [9.17, 15) is 4.79 Å². The molecular weight excluding hydrogens is 152 g/mol. The molecule has 0 aliphatic carbocycles. The van der Waals surface area contributed by atoms with Crippen molar-refractivity contribution in [3.8, 4) is 0 Å². The molecule has 62 valence electrons. The second kappa shape index (κ2) is 2.72. The van der Waals surface area contributed by atoms with Crippen LogP contribution in [0.15, 0.2) is 18.2 Å². The Labute approximate surface area is 71.2 Å². The molecule has 0 saturated heterocycles. The minimum absolute atomic E-state index is 0.333. The van der Waals surface area contributed by atoms with E-state index in [1.54, 1.807) is 0 Å². The number of aldehydes is 1. The van der Waals surface area contributed by atoms with Gasteiger partial charge in [-0.2, -0.15) is 0 Å². The zero-order valence-electron chi connectivity index (χ0n) is 6.91. The van der Waals surface area contributed by atoms with Gasteiger partial charge in [0, 0.05) is 0 Å². The second-order valence-corrected chi connectivity index (χ2v) is 3.07. The van der Waals surface area contributed by atoms with Gasteiger partial charge in [0.05, 0.1) is 6.61 Å². The van der Waals surface area contributed by atoms with Crippen molar-refractivity contribution < 1.29 is 9.53 Å². The third-order valence-electron chi connectivity index (χ3n) is 2.15. The third kappa shape index (κ3) is 1.04. The van der Waals surface area contributed by atoms with Crippen LogP contribution in [0.1, 0.15) is 22.8 Å². The molecule has 1 aliphatic rings. The maximum atomic E-state index is 10.5. The Hall–Kier alpha value is -1.15. The van der Waals surface area contributed by atoms with Crippen LogP contribution in [0.4, 0.5) is 0 Å². The van der Waals surface area contributed by atoms with E-state index in [2.05, 4.69) is 6.07 Å². The smallest absolute Gasteiger partial charge is 0.153 e. The topological polar surface area (TPSA) is 26.3 Å². The first-order valence-corrected chi connectivity index (χ1v) is 3.97. The fourth-order valence-electron chi connectivity index (χ4n) is 1.52. The molecule has 1 aliphatic heterocycles. The normalized spacial score (nSPS) is 20.6. The molecule has 0 spiro atoms. The Bertz CT molecular complexity index is 318. The highest BCUT2D eigenvalue weighted by Gasteiger charge is 2.21. The highest BCUT2D eigenvalue weighted by atomic mass is 16.5. The van der Waals surface area contributed by atoms with E-state index < -0.39 is 0 Å². The van der Waals surface area contributed by atoms with Crippen LogP contribution in [-0.2, 0) is 16.1 Å². The predicted molar refractivity (Wildman–Crippen MR) is 44.8 cm³/mol. The number of carbonyl (C=O) groups is 1. The fourth-order valence-corrected chi connectivity index (χ4v) is 1.52. The zero-order valence-corrected chi connectivity index (χ0v) is 6.91. The van der Waals surface area contributed by atoms with Crippen LogP contribution in [0.25, 0.3) is 0 Å². The summed E-state index contributed by atoms with van der Waals surface area (Å²) >= 11 is 0. The van der Waals surface area contributed by atoms with Crippen molar-refractivity contribution in [2.45, 2.75) is 19.6 Å². The molecule has 1 unspecified atom stereocenters. The Morgan fingerprint density at radius 1 is 1.58 bits per heavy atom. The molecule has 12 heavy (non-hydrogen) atoms. The maximum absolute atomic E-state index is 10.5. The molecule has 2 nitrogen and oxygen atoms in total. The third-order valence-corrected chi connectivity index (χ3v) is 2.15. The summed E-state index contributed by atoms with van der Waals surface area (Å²) in [5.41, 5.74) is 3.38. The second-order valence-electron chi connectivity index (χ2n) is 3.07. The molecule has 1 aromatic rings. The van der Waals surface area contributed by atoms with E-state index in [0.717, 1.165) is 17.4 Å². The van der Waals surface area contributed by atoms with Crippen LogP contribution < -0.4 is 0 Å². The molecule has 1 heterocycles. The van der Waals surface area contributed by atoms with Crippen LogP contribution in [0.3, 0.4) is 0 Å². The number of benzene rings is 1. The van der Waals surface area contributed by atoms with E-state index in [0.29, 0.717) is 6.61 Å². The van der Waals surface area contributed by atoms with E-state index in [1.165, 1.54) is 5.56 Å². The summed E-state index contributed by atoms with van der Waals surface area (Å²) in [4.78, 5) is 10.5. The van der Waals surface area contributed by atoms with E-state index >= 15 is 0 Å². The number of rotatable bonds is 1. The summed E-state index contributed by atoms with van der Waals surface area (Å²) in [6.07, 6.45) is 0.516. The highest BCUT2D eigenvalue weighted by Crippen LogP contribution is 2.29. The lowest BCUT2D eigenvalue weighted by molar-refractivity contribution is -0.117. The van der Waals surface area contributed by atoms with Crippen molar-refractivity contribution >= 4 is 6.29 Å². The SMILES string of the molecule is Cc1ccc2c(c1)COC2C=O. The number of hydrogen-bond donors (Lipinski definition) is 0. The lowest BCUT2D eigenvalue weighted by atomic mass is 10.0. The summed E-state index contributed by atoms with van der Waals surface area (Å²) < 4.78 is 5.26. The number of carbonyl (C=O) groups excluding carboxylic acids is 1. The van der Waals surface area contributed by atoms with Gasteiger partial charge in [-0.15, -0.1) is 0 Å². The zero-order chi connectivity index (χ0) is 8.55. The van der Waals surface area contributed by atoms with Crippen LogP contribution in [-0.4, -0.2) is 6.29 Å². The molecule has 0 radical (unpaired) electrons. The molecule has 0 amide bonds. The summed E-state index contributed by atoms with van der Waals surface area (Å²) in [6.45, 7) is 2.61. The summed E-state index contributed by atoms with van der Waals surface area (Å²) in [6, 6.07) is 6.04. The Morgan fingerprint density at radius 2 is 2.42 bits per heavy atom. The van der Waals surface area contributed by atoms with Gasteiger partial charge < -0.3 is 9.53 Å². The van der Waals surface area contributed by atoms with Crippen molar-refractivity contribution in [3.05, 3.63) is 34.9 Å². The number of ether oxygens (including phenoxy) is 1. The number of aryl methyl sites for hydroxylation is 1. The molecule has 1 aromatic carbocycles. The van der Waals surface area contributed by atoms with Crippen molar-refractivity contribution in [1.82, 2.24) is 0 Å². The summed E-state index contributed by atoms with van der Waals surface area (Å²) in [7, 11) is 0. The van der Waals surface area contributed by atoms with Gasteiger partial charge in [-0.1, -0.05) is 23.8 Å². The molecule has 2 rings (SSSR count). The van der Waals surface area contributed by atoms with E-state index in [1.807, 2.05) is 19.1 Å². The van der Waals surface area contributed by atoms with Crippen molar-refractivity contribution in [1.29, 1.82) is 0 Å². The molecule has 0 saturated carbocycles. The van der Waals surface area contributed by atoms with Gasteiger partial charge in [-0.05, 0) is 18.1 Å². The lowest BCUT2D eigenvalue weighted by Crippen LogP contribution is -1.95. The number of hydrogen-bond acceptors (Lipinski definition) is 2. The molecule has 0 fully saturated rings. The highest BCUT2D eigenvalue weighted by molar-refractivity contribution is 5.62. The van der Waals surface area contributed by atoms with Crippen LogP contribution in [0.5, 0.6) is 0 Å². The Morgan fingerprint density at radius 3 is 3.17 bits per heavy atom. The van der Waals surface area contributed by atoms with Gasteiger partial charge >= 0.3 is 0 Å². The number of fused-ring (bicyclic) bond motifs is 1. The van der Waals surface area contributed by atoms with Crippen molar-refractivity contribution in [2.75, 3.05) is 0 Å². The minimum atomic E-state index is -0.333. The van der Waals surface area contributed by atoms with Gasteiger partial charge in [0.25, 0.3) is 0 Å². The van der Waals surface area contributed by atoms with Gasteiger partial charge in [0.1, 0.15) is 6.10 Å². The van der Waals surface area contributed by atoms with E-state index in [-0.39, 0.29) is 6.10 Å². The Balaban J connectivity index is 2.47. The fraction of sp³-hybridized carbons (Fsp3) is 0.300. The average molecular weight is 162 g/mol. The van der Waals surface area contributed by atoms with Gasteiger partial charge in [-0.25, -0.2) is 0 Å². The largest absolute Gasteiger partial charge is 0.361 e. The van der Waals surface area contributed by atoms with Crippen molar-refractivity contribution in [3.63, 3.8) is 0 Å². The van der Waals surface area contributed by atoms with Gasteiger partial charge in [-0.3, -0.25) is 0 Å². The molecular formula is C10H10O2. The summed E-state index contributed by atoms with van der Waals surface area (Å²) in [5.74, 6) is 0. The first-order valence-electron chi connectivity index (χ1n) is 3.97. The average Bonchev–Trinajstić information content (AvgIpc) is 2.46. The Kier molecular flexibility index (Phi) is 1.70.